The first-order chi connectivity index (χ1) is 11.8. The topological polar surface area (TPSA) is 64.0 Å². The van der Waals surface area contributed by atoms with Crippen LogP contribution >= 0.6 is 11.8 Å². The molecule has 1 aromatic carbocycles. The van der Waals surface area contributed by atoms with Crippen LogP contribution in [0, 0.1) is 13.8 Å². The summed E-state index contributed by atoms with van der Waals surface area (Å²) in [5.74, 6) is 0.835. The van der Waals surface area contributed by atoms with E-state index in [1.807, 2.05) is 45.9 Å². The summed E-state index contributed by atoms with van der Waals surface area (Å²) in [5, 5.41) is 3.70. The second kappa shape index (κ2) is 7.04. The fourth-order valence-electron chi connectivity index (χ4n) is 2.90. The Bertz CT molecular complexity index is 873. The highest BCUT2D eigenvalue weighted by molar-refractivity contribution is 7.99. The van der Waals surface area contributed by atoms with Gasteiger partial charge in [-0.3, -0.25) is 14.2 Å². The Morgan fingerprint density at radius 1 is 1.36 bits per heavy atom. The molecule has 6 heteroatoms. The molecule has 0 fully saturated rings. The molecule has 0 saturated heterocycles. The predicted octanol–water partition coefficient (Wildman–Crippen LogP) is 3.66. The Hall–Kier alpha value is -2.08. The van der Waals surface area contributed by atoms with Crippen molar-refractivity contribution in [2.45, 2.75) is 51.2 Å². The number of aryl methyl sites for hydroxylation is 2. The second-order valence-electron chi connectivity index (χ2n) is 6.86. The fourth-order valence-corrected chi connectivity index (χ4v) is 4.06. The van der Waals surface area contributed by atoms with Gasteiger partial charge in [-0.1, -0.05) is 37.7 Å². The van der Waals surface area contributed by atoms with Gasteiger partial charge in [0.25, 0.3) is 5.56 Å². The lowest BCUT2D eigenvalue weighted by atomic mass is 10.1. The summed E-state index contributed by atoms with van der Waals surface area (Å²) in [6, 6.07) is 7.43. The quantitative estimate of drug-likeness (QED) is 0.848. The summed E-state index contributed by atoms with van der Waals surface area (Å²) >= 11 is 1.55. The number of carbonyl (C=O) groups is 1. The standard InChI is InChI=1S/C19H23N3O2S/c1-11(2)15-9-18(24)22-14(10-25-19(22)21-15)8-17(23)20-16-7-12(3)5-6-13(16)4/h5-7,9,11,14H,8,10H2,1-4H3,(H,20,23). The summed E-state index contributed by atoms with van der Waals surface area (Å²) in [4.78, 5) is 29.5. The van der Waals surface area contributed by atoms with E-state index in [0.29, 0.717) is 5.75 Å². The van der Waals surface area contributed by atoms with Crippen LogP contribution in [0.4, 0.5) is 5.69 Å². The number of hydrogen-bond donors (Lipinski definition) is 1. The van der Waals surface area contributed by atoms with Gasteiger partial charge in [-0.25, -0.2) is 4.98 Å². The van der Waals surface area contributed by atoms with Crippen LogP contribution in [0.2, 0.25) is 0 Å². The van der Waals surface area contributed by atoms with E-state index >= 15 is 0 Å². The highest BCUT2D eigenvalue weighted by Gasteiger charge is 2.28. The van der Waals surface area contributed by atoms with Crippen LogP contribution in [0.25, 0.3) is 0 Å². The maximum atomic E-state index is 12.5. The van der Waals surface area contributed by atoms with E-state index in [2.05, 4.69) is 10.3 Å². The van der Waals surface area contributed by atoms with E-state index in [-0.39, 0.29) is 29.8 Å². The normalized spacial score (nSPS) is 16.1. The highest BCUT2D eigenvalue weighted by Crippen LogP contribution is 2.33. The zero-order valence-electron chi connectivity index (χ0n) is 15.0. The molecule has 3 rings (SSSR count). The molecule has 0 bridgehead atoms. The van der Waals surface area contributed by atoms with Crippen molar-refractivity contribution in [2.24, 2.45) is 0 Å². The average Bonchev–Trinajstić information content (AvgIpc) is 2.94. The lowest BCUT2D eigenvalue weighted by Gasteiger charge is -2.15. The monoisotopic (exact) mass is 357 g/mol. The summed E-state index contributed by atoms with van der Waals surface area (Å²) in [5.41, 5.74) is 3.70. The second-order valence-corrected chi connectivity index (χ2v) is 7.85. The first-order valence-electron chi connectivity index (χ1n) is 8.48. The number of benzene rings is 1. The first-order valence-corrected chi connectivity index (χ1v) is 9.47. The molecule has 0 radical (unpaired) electrons. The molecular weight excluding hydrogens is 334 g/mol. The molecule has 0 spiro atoms. The molecule has 1 N–H and O–H groups in total. The van der Waals surface area contributed by atoms with Crippen molar-refractivity contribution in [3.8, 4) is 0 Å². The summed E-state index contributed by atoms with van der Waals surface area (Å²) < 4.78 is 1.67. The molecule has 0 aliphatic carbocycles. The Morgan fingerprint density at radius 3 is 2.84 bits per heavy atom. The minimum Gasteiger partial charge on any atom is -0.326 e. The summed E-state index contributed by atoms with van der Waals surface area (Å²) in [6.45, 7) is 8.01. The molecule has 1 aliphatic rings. The first kappa shape index (κ1) is 17.7. The van der Waals surface area contributed by atoms with Gasteiger partial charge in [0, 0.05) is 23.9 Å². The van der Waals surface area contributed by atoms with Gasteiger partial charge in [0.15, 0.2) is 5.16 Å². The van der Waals surface area contributed by atoms with E-state index in [0.717, 1.165) is 27.7 Å². The van der Waals surface area contributed by atoms with Crippen LogP contribution in [0.3, 0.4) is 0 Å². The largest absolute Gasteiger partial charge is 0.326 e. The van der Waals surface area contributed by atoms with Crippen molar-refractivity contribution in [2.75, 3.05) is 11.1 Å². The number of fused-ring (bicyclic) bond motifs is 1. The number of carbonyl (C=O) groups excluding carboxylic acids is 1. The Morgan fingerprint density at radius 2 is 2.12 bits per heavy atom. The lowest BCUT2D eigenvalue weighted by Crippen LogP contribution is -2.28. The number of hydrogen-bond acceptors (Lipinski definition) is 4. The maximum absolute atomic E-state index is 12.5. The Balaban J connectivity index is 1.77. The van der Waals surface area contributed by atoms with Gasteiger partial charge in [0.05, 0.1) is 11.7 Å². The highest BCUT2D eigenvalue weighted by atomic mass is 32.2. The zero-order valence-corrected chi connectivity index (χ0v) is 15.8. The van der Waals surface area contributed by atoms with Gasteiger partial charge >= 0.3 is 0 Å². The van der Waals surface area contributed by atoms with E-state index in [1.165, 1.54) is 0 Å². The van der Waals surface area contributed by atoms with Gasteiger partial charge in [-0.15, -0.1) is 0 Å². The third-order valence-corrected chi connectivity index (χ3v) is 5.49. The van der Waals surface area contributed by atoms with Gasteiger partial charge in [-0.2, -0.15) is 0 Å². The molecule has 1 aliphatic heterocycles. The van der Waals surface area contributed by atoms with Gasteiger partial charge in [0.1, 0.15) is 0 Å². The Labute approximate surface area is 151 Å². The lowest BCUT2D eigenvalue weighted by molar-refractivity contribution is -0.116. The zero-order chi connectivity index (χ0) is 18.1. The fraction of sp³-hybridized carbons (Fsp3) is 0.421. The Kier molecular flexibility index (Phi) is 4.99. The van der Waals surface area contributed by atoms with E-state index in [4.69, 9.17) is 0 Å². The molecule has 1 amide bonds. The molecular formula is C19H23N3O2S. The van der Waals surface area contributed by atoms with Gasteiger partial charge in [-0.05, 0) is 37.0 Å². The van der Waals surface area contributed by atoms with Crippen molar-refractivity contribution >= 4 is 23.4 Å². The van der Waals surface area contributed by atoms with Crippen molar-refractivity contribution in [1.29, 1.82) is 0 Å². The maximum Gasteiger partial charge on any atom is 0.254 e. The number of rotatable bonds is 4. The third-order valence-electron chi connectivity index (χ3n) is 4.39. The average molecular weight is 357 g/mol. The predicted molar refractivity (Wildman–Crippen MR) is 102 cm³/mol. The third kappa shape index (κ3) is 3.79. The van der Waals surface area contributed by atoms with Gasteiger partial charge in [0.2, 0.25) is 5.91 Å². The number of aromatic nitrogens is 2. The molecule has 132 valence electrons. The van der Waals surface area contributed by atoms with Crippen LogP contribution in [0.15, 0.2) is 34.2 Å². The molecule has 25 heavy (non-hydrogen) atoms. The molecule has 1 aromatic heterocycles. The minimum atomic E-state index is -0.147. The number of anilines is 1. The summed E-state index contributed by atoms with van der Waals surface area (Å²) in [7, 11) is 0. The number of nitrogens with one attached hydrogen (secondary N) is 1. The molecule has 2 aromatic rings. The van der Waals surface area contributed by atoms with Crippen LogP contribution in [-0.4, -0.2) is 21.2 Å². The number of nitrogens with zero attached hydrogens (tertiary/aromatic N) is 2. The van der Waals surface area contributed by atoms with Crippen molar-refractivity contribution in [3.05, 3.63) is 51.4 Å². The van der Waals surface area contributed by atoms with Crippen molar-refractivity contribution in [3.63, 3.8) is 0 Å². The number of thioether (sulfide) groups is 1. The van der Waals surface area contributed by atoms with E-state index in [1.54, 1.807) is 22.4 Å². The molecule has 0 saturated carbocycles. The van der Waals surface area contributed by atoms with Crippen LogP contribution in [0.5, 0.6) is 0 Å². The molecule has 1 unspecified atom stereocenters. The van der Waals surface area contributed by atoms with Crippen molar-refractivity contribution in [1.82, 2.24) is 9.55 Å². The molecule has 5 nitrogen and oxygen atoms in total. The molecule has 1 atom stereocenters. The minimum absolute atomic E-state index is 0.0664. The van der Waals surface area contributed by atoms with Crippen LogP contribution in [0.1, 0.15) is 49.0 Å². The van der Waals surface area contributed by atoms with E-state index < -0.39 is 0 Å². The van der Waals surface area contributed by atoms with Crippen molar-refractivity contribution < 1.29 is 4.79 Å². The molecule has 2 heterocycles. The SMILES string of the molecule is Cc1ccc(C)c(NC(=O)CC2CSc3nc(C(C)C)cc(=O)n32)c1. The van der Waals surface area contributed by atoms with Gasteiger partial charge < -0.3 is 5.32 Å². The van der Waals surface area contributed by atoms with Crippen LogP contribution < -0.4 is 10.9 Å². The van der Waals surface area contributed by atoms with Crippen LogP contribution in [-0.2, 0) is 4.79 Å². The summed E-state index contributed by atoms with van der Waals surface area (Å²) in [6.07, 6.45) is 0.274. The number of amides is 1. The smallest absolute Gasteiger partial charge is 0.254 e. The van der Waals surface area contributed by atoms with E-state index in [9.17, 15) is 9.59 Å².